The molecule has 1 aliphatic rings. The molecule has 5 rings (SSSR count). The highest BCUT2D eigenvalue weighted by Gasteiger charge is 2.32. The van der Waals surface area contributed by atoms with Crippen LogP contribution in [0.1, 0.15) is 29.6 Å². The summed E-state index contributed by atoms with van der Waals surface area (Å²) in [5.74, 6) is -2.36. The van der Waals surface area contributed by atoms with Gasteiger partial charge < -0.3 is 9.84 Å². The van der Waals surface area contributed by atoms with Gasteiger partial charge in [0.05, 0.1) is 23.5 Å². The van der Waals surface area contributed by atoms with Crippen molar-refractivity contribution in [1.82, 2.24) is 19.3 Å². The molecule has 1 N–H and O–H groups in total. The first-order chi connectivity index (χ1) is 16.6. The van der Waals surface area contributed by atoms with Gasteiger partial charge in [0.15, 0.2) is 11.6 Å². The summed E-state index contributed by atoms with van der Waals surface area (Å²) in [4.78, 5) is 17.1. The van der Waals surface area contributed by atoms with E-state index < -0.39 is 28.7 Å². The Morgan fingerprint density at radius 2 is 1.89 bits per heavy atom. The molecule has 180 valence electrons. The Labute approximate surface area is 201 Å². The first kappa shape index (κ1) is 23.1. The highest BCUT2D eigenvalue weighted by Crippen LogP contribution is 2.42. The van der Waals surface area contributed by atoms with Crippen LogP contribution in [0.15, 0.2) is 53.6 Å². The molecule has 1 unspecified atom stereocenters. The van der Waals surface area contributed by atoms with Crippen molar-refractivity contribution in [2.75, 3.05) is 0 Å². The lowest BCUT2D eigenvalue weighted by molar-refractivity contribution is 0.103. The number of aliphatic hydroxyl groups is 1. The van der Waals surface area contributed by atoms with E-state index in [-0.39, 0.29) is 23.5 Å². The second-order valence-electron chi connectivity index (χ2n) is 8.47. The van der Waals surface area contributed by atoms with Crippen LogP contribution < -0.4 is 10.4 Å². The molecule has 2 aromatic heterocycles. The van der Waals surface area contributed by atoms with Crippen molar-refractivity contribution in [3.8, 4) is 16.5 Å². The molecule has 0 spiro atoms. The Bertz CT molecular complexity index is 1520. The minimum absolute atomic E-state index is 0.0671. The highest BCUT2D eigenvalue weighted by molar-refractivity contribution is 7.14. The fourth-order valence-corrected chi connectivity index (χ4v) is 4.71. The molecule has 1 aliphatic carbocycles. The number of ether oxygens (including phenoxy) is 1. The lowest BCUT2D eigenvalue weighted by Crippen LogP contribution is -2.29. The zero-order valence-electron chi connectivity index (χ0n) is 18.6. The van der Waals surface area contributed by atoms with E-state index in [1.165, 1.54) is 29.5 Å². The summed E-state index contributed by atoms with van der Waals surface area (Å²) in [6, 6.07) is 7.32. The normalized spacial score (nSPS) is 17.3. The summed E-state index contributed by atoms with van der Waals surface area (Å²) in [6.45, 7) is 3.08. The van der Waals surface area contributed by atoms with Crippen LogP contribution in [0, 0.1) is 24.4 Å². The minimum atomic E-state index is -0.841. The van der Waals surface area contributed by atoms with E-state index >= 15 is 0 Å². The predicted molar refractivity (Wildman–Crippen MR) is 123 cm³/mol. The maximum Gasteiger partial charge on any atom is 0.350 e. The molecule has 0 amide bonds. The standard InChI is InChI=1S/C24H19F3N4O3S/c1-13-22(35-21(29-13)14-9-24(2,33)10-14)34-20-7-6-15(8-19(20)27)31-23(32)30(12-28-31)11-16-17(25)4-3-5-18(16)26/h3-9,12,33H,10-11H2,1-2H3. The van der Waals surface area contributed by atoms with E-state index in [0.717, 1.165) is 39.3 Å². The monoisotopic (exact) mass is 500 g/mol. The third-order valence-corrected chi connectivity index (χ3v) is 6.66. The first-order valence-electron chi connectivity index (χ1n) is 10.6. The molecule has 0 saturated heterocycles. The summed E-state index contributed by atoms with van der Waals surface area (Å²) >= 11 is 1.25. The van der Waals surface area contributed by atoms with Crippen LogP contribution in [0.2, 0.25) is 0 Å². The number of hydrogen-bond donors (Lipinski definition) is 1. The molecule has 1 atom stereocenters. The van der Waals surface area contributed by atoms with E-state index in [1.807, 2.05) is 0 Å². The predicted octanol–water partition coefficient (Wildman–Crippen LogP) is 4.59. The minimum Gasteiger partial charge on any atom is -0.442 e. The Balaban J connectivity index is 1.37. The van der Waals surface area contributed by atoms with Gasteiger partial charge >= 0.3 is 5.69 Å². The molecule has 7 nitrogen and oxygen atoms in total. The first-order valence-corrected chi connectivity index (χ1v) is 11.4. The van der Waals surface area contributed by atoms with Crippen LogP contribution >= 0.6 is 11.3 Å². The highest BCUT2D eigenvalue weighted by atomic mass is 32.1. The molecule has 4 aromatic rings. The molecular formula is C24H19F3N4O3S. The van der Waals surface area contributed by atoms with E-state index in [0.29, 0.717) is 22.2 Å². The van der Waals surface area contributed by atoms with Crippen LogP contribution in [-0.2, 0) is 6.54 Å². The van der Waals surface area contributed by atoms with Crippen molar-refractivity contribution < 1.29 is 23.0 Å². The third-order valence-electron chi connectivity index (χ3n) is 5.55. The topological polar surface area (TPSA) is 82.2 Å². The molecule has 0 fully saturated rings. The Hall–Kier alpha value is -3.70. The van der Waals surface area contributed by atoms with Crippen LogP contribution in [0.3, 0.4) is 0 Å². The van der Waals surface area contributed by atoms with Crippen molar-refractivity contribution in [2.24, 2.45) is 0 Å². The molecule has 0 bridgehead atoms. The summed E-state index contributed by atoms with van der Waals surface area (Å²) in [5, 5.41) is 14.9. The molecule has 0 aliphatic heterocycles. The number of benzene rings is 2. The van der Waals surface area contributed by atoms with Crippen molar-refractivity contribution in [2.45, 2.75) is 32.4 Å². The summed E-state index contributed by atoms with van der Waals surface area (Å²) in [6.07, 6.45) is 3.33. The number of rotatable bonds is 6. The fraction of sp³-hybridized carbons (Fsp3) is 0.208. The van der Waals surface area contributed by atoms with Crippen LogP contribution in [-0.4, -0.2) is 30.0 Å². The maximum atomic E-state index is 14.9. The van der Waals surface area contributed by atoms with Crippen LogP contribution in [0.5, 0.6) is 10.8 Å². The number of aryl methyl sites for hydroxylation is 1. The quantitative estimate of drug-likeness (QED) is 0.419. The maximum absolute atomic E-state index is 14.9. The van der Waals surface area contributed by atoms with Gasteiger partial charge in [-0.15, -0.1) is 0 Å². The fourth-order valence-electron chi connectivity index (χ4n) is 3.76. The lowest BCUT2D eigenvalue weighted by atomic mass is 9.84. The number of hydrogen-bond acceptors (Lipinski definition) is 6. The lowest BCUT2D eigenvalue weighted by Gasteiger charge is -2.29. The van der Waals surface area contributed by atoms with Crippen molar-refractivity contribution in [3.63, 3.8) is 0 Å². The van der Waals surface area contributed by atoms with Crippen molar-refractivity contribution in [1.29, 1.82) is 0 Å². The largest absolute Gasteiger partial charge is 0.442 e. The SMILES string of the molecule is Cc1nc(C2=CC(C)(O)C2)sc1Oc1ccc(-n2ncn(Cc3c(F)cccc3F)c2=O)cc1F. The zero-order chi connectivity index (χ0) is 24.9. The Morgan fingerprint density at radius 3 is 2.54 bits per heavy atom. The van der Waals surface area contributed by atoms with Gasteiger partial charge in [-0.25, -0.2) is 22.9 Å². The van der Waals surface area contributed by atoms with Crippen molar-refractivity contribution in [3.05, 3.63) is 93.0 Å². The molecule has 11 heteroatoms. The van der Waals surface area contributed by atoms with Gasteiger partial charge in [-0.2, -0.15) is 9.78 Å². The van der Waals surface area contributed by atoms with E-state index in [1.54, 1.807) is 19.9 Å². The molecule has 2 aromatic carbocycles. The zero-order valence-corrected chi connectivity index (χ0v) is 19.4. The number of halogens is 3. The van der Waals surface area contributed by atoms with Gasteiger partial charge in [-0.1, -0.05) is 17.4 Å². The van der Waals surface area contributed by atoms with Gasteiger partial charge in [0.2, 0.25) is 5.06 Å². The Kier molecular flexibility index (Phi) is 5.60. The summed E-state index contributed by atoms with van der Waals surface area (Å²) in [7, 11) is 0. The van der Waals surface area contributed by atoms with Gasteiger partial charge in [0.1, 0.15) is 23.0 Å². The summed E-state index contributed by atoms with van der Waals surface area (Å²) in [5.41, 5.74) is -0.198. The van der Waals surface area contributed by atoms with E-state index in [9.17, 15) is 23.1 Å². The van der Waals surface area contributed by atoms with Gasteiger partial charge in [-0.05, 0) is 49.8 Å². The second-order valence-corrected chi connectivity index (χ2v) is 9.43. The molecule has 0 saturated carbocycles. The van der Waals surface area contributed by atoms with E-state index in [4.69, 9.17) is 4.74 Å². The molecular weight excluding hydrogens is 481 g/mol. The summed E-state index contributed by atoms with van der Waals surface area (Å²) < 4.78 is 50.4. The van der Waals surface area contributed by atoms with E-state index in [2.05, 4.69) is 10.1 Å². The van der Waals surface area contributed by atoms with Gasteiger partial charge in [-0.3, -0.25) is 4.57 Å². The molecule has 2 heterocycles. The smallest absolute Gasteiger partial charge is 0.350 e. The van der Waals surface area contributed by atoms with Crippen molar-refractivity contribution >= 4 is 16.9 Å². The number of thiazole rings is 1. The number of nitrogens with zero attached hydrogens (tertiary/aromatic N) is 4. The van der Waals surface area contributed by atoms with Gasteiger partial charge in [0.25, 0.3) is 0 Å². The van der Waals surface area contributed by atoms with Crippen LogP contribution in [0.25, 0.3) is 11.3 Å². The van der Waals surface area contributed by atoms with Gasteiger partial charge in [0, 0.05) is 18.1 Å². The third kappa shape index (κ3) is 4.40. The molecule has 35 heavy (non-hydrogen) atoms. The second kappa shape index (κ2) is 8.51. The average molecular weight is 501 g/mol. The molecule has 0 radical (unpaired) electrons. The number of aromatic nitrogens is 4. The average Bonchev–Trinajstić information content (AvgIpc) is 3.32. The Morgan fingerprint density at radius 1 is 1.17 bits per heavy atom. The van der Waals surface area contributed by atoms with Crippen LogP contribution in [0.4, 0.5) is 13.2 Å².